The number of Topliss-reactive ketones (excluding diaryl/α,β-unsaturated/α-hetero) is 1. The van der Waals surface area contributed by atoms with E-state index in [4.69, 9.17) is 0 Å². The molecule has 2 aromatic carbocycles. The van der Waals surface area contributed by atoms with Gasteiger partial charge in [-0.25, -0.2) is 0 Å². The minimum Gasteiger partial charge on any atom is -0.300 e. The molecule has 0 saturated heterocycles. The number of carbonyl (C=O) groups is 1. The van der Waals surface area contributed by atoms with Crippen LogP contribution in [0.5, 0.6) is 0 Å². The first kappa shape index (κ1) is 17.5. The molecule has 2 aliphatic rings. The quantitative estimate of drug-likeness (QED) is 0.545. The zero-order valence-corrected chi connectivity index (χ0v) is 16.1. The maximum absolute atomic E-state index is 13.1. The lowest BCUT2D eigenvalue weighted by Crippen LogP contribution is -2.15. The lowest BCUT2D eigenvalue weighted by molar-refractivity contribution is -0.120. The first-order chi connectivity index (χ1) is 12.6. The van der Waals surface area contributed by atoms with Gasteiger partial charge in [-0.2, -0.15) is 0 Å². The highest BCUT2D eigenvalue weighted by molar-refractivity contribution is 5.80. The first-order valence-electron chi connectivity index (χ1n) is 10.3. The van der Waals surface area contributed by atoms with Gasteiger partial charge in [-0.3, -0.25) is 4.79 Å². The van der Waals surface area contributed by atoms with Crippen molar-refractivity contribution in [2.45, 2.75) is 64.2 Å². The highest BCUT2D eigenvalue weighted by Gasteiger charge is 2.37. The van der Waals surface area contributed by atoms with E-state index in [1.807, 2.05) is 0 Å². The van der Waals surface area contributed by atoms with E-state index in [-0.39, 0.29) is 0 Å². The third kappa shape index (κ3) is 3.92. The molecule has 136 valence electrons. The third-order valence-electron chi connectivity index (χ3n) is 6.45. The number of aryl methyl sites for hydroxylation is 2. The maximum Gasteiger partial charge on any atom is 0.134 e. The van der Waals surface area contributed by atoms with Crippen LogP contribution >= 0.6 is 0 Å². The Balaban J connectivity index is 1.50. The molecule has 2 saturated carbocycles. The van der Waals surface area contributed by atoms with Gasteiger partial charge in [-0.1, -0.05) is 48.5 Å². The van der Waals surface area contributed by atoms with Gasteiger partial charge in [-0.15, -0.1) is 0 Å². The molecule has 0 bridgehead atoms. The Labute approximate surface area is 157 Å². The van der Waals surface area contributed by atoms with E-state index in [9.17, 15) is 4.79 Å². The SMILES string of the molecule is Cc1ccccc1C(CC(=O)CC(c1ccccc1C)C1CC1)C1CC1. The highest BCUT2D eigenvalue weighted by atomic mass is 16.1. The van der Waals surface area contributed by atoms with Crippen LogP contribution in [0.4, 0.5) is 0 Å². The van der Waals surface area contributed by atoms with Gasteiger partial charge < -0.3 is 0 Å². The molecule has 0 aliphatic heterocycles. The molecule has 2 aromatic rings. The summed E-state index contributed by atoms with van der Waals surface area (Å²) in [7, 11) is 0. The summed E-state index contributed by atoms with van der Waals surface area (Å²) in [5.41, 5.74) is 5.49. The van der Waals surface area contributed by atoms with Crippen molar-refractivity contribution < 1.29 is 4.79 Å². The van der Waals surface area contributed by atoms with Gasteiger partial charge in [0.05, 0.1) is 0 Å². The fourth-order valence-corrected chi connectivity index (χ4v) is 4.64. The van der Waals surface area contributed by atoms with Crippen LogP contribution in [0, 0.1) is 25.7 Å². The average molecular weight is 347 g/mol. The molecule has 0 heterocycles. The van der Waals surface area contributed by atoms with E-state index in [1.165, 1.54) is 47.9 Å². The zero-order valence-electron chi connectivity index (χ0n) is 16.1. The van der Waals surface area contributed by atoms with Crippen molar-refractivity contribution in [3.63, 3.8) is 0 Å². The van der Waals surface area contributed by atoms with Crippen molar-refractivity contribution in [2.24, 2.45) is 11.8 Å². The van der Waals surface area contributed by atoms with Crippen molar-refractivity contribution in [1.29, 1.82) is 0 Å². The molecule has 2 fully saturated rings. The normalized spacial score (nSPS) is 19.2. The summed E-state index contributed by atoms with van der Waals surface area (Å²) in [6.45, 7) is 4.38. The lowest BCUT2D eigenvalue weighted by atomic mass is 9.82. The van der Waals surface area contributed by atoms with Crippen LogP contribution in [0.3, 0.4) is 0 Å². The molecule has 0 radical (unpaired) electrons. The second-order valence-corrected chi connectivity index (χ2v) is 8.55. The van der Waals surface area contributed by atoms with Crippen molar-refractivity contribution >= 4 is 5.78 Å². The van der Waals surface area contributed by atoms with Crippen LogP contribution in [0.25, 0.3) is 0 Å². The van der Waals surface area contributed by atoms with E-state index in [0.29, 0.717) is 17.6 Å². The fraction of sp³-hybridized carbons (Fsp3) is 0.480. The third-order valence-corrected chi connectivity index (χ3v) is 6.45. The molecule has 4 rings (SSSR count). The van der Waals surface area contributed by atoms with Crippen LogP contribution in [0.2, 0.25) is 0 Å². The molecule has 2 aliphatic carbocycles. The molecule has 0 N–H and O–H groups in total. The number of benzene rings is 2. The summed E-state index contributed by atoms with van der Waals surface area (Å²) in [5.74, 6) is 2.77. The van der Waals surface area contributed by atoms with Gasteiger partial charge in [0.25, 0.3) is 0 Å². The zero-order chi connectivity index (χ0) is 18.1. The molecule has 26 heavy (non-hydrogen) atoms. The second kappa shape index (κ2) is 7.39. The van der Waals surface area contributed by atoms with E-state index in [0.717, 1.165) is 24.7 Å². The van der Waals surface area contributed by atoms with E-state index >= 15 is 0 Å². The largest absolute Gasteiger partial charge is 0.300 e. The van der Waals surface area contributed by atoms with Crippen molar-refractivity contribution in [3.05, 3.63) is 70.8 Å². The van der Waals surface area contributed by atoms with E-state index in [2.05, 4.69) is 62.4 Å². The van der Waals surface area contributed by atoms with E-state index < -0.39 is 0 Å². The monoisotopic (exact) mass is 346 g/mol. The summed E-state index contributed by atoms with van der Waals surface area (Å²) in [5, 5.41) is 0. The molecule has 1 nitrogen and oxygen atoms in total. The predicted molar refractivity (Wildman–Crippen MR) is 108 cm³/mol. The van der Waals surface area contributed by atoms with Crippen LogP contribution in [-0.2, 0) is 4.79 Å². The van der Waals surface area contributed by atoms with Gasteiger partial charge in [0.2, 0.25) is 0 Å². The molecule has 0 amide bonds. The molecule has 2 atom stereocenters. The van der Waals surface area contributed by atoms with Gasteiger partial charge in [-0.05, 0) is 85.5 Å². The van der Waals surface area contributed by atoms with Crippen LogP contribution in [0.15, 0.2) is 48.5 Å². The average Bonchev–Trinajstić information content (AvgIpc) is 3.52. The molecular formula is C25H30O. The number of carbonyl (C=O) groups excluding carboxylic acids is 1. The lowest BCUT2D eigenvalue weighted by Gasteiger charge is -2.22. The number of hydrogen-bond donors (Lipinski definition) is 0. The summed E-state index contributed by atoms with van der Waals surface area (Å²) in [4.78, 5) is 13.1. The molecule has 0 aromatic heterocycles. The molecule has 1 heteroatoms. The molecular weight excluding hydrogens is 316 g/mol. The topological polar surface area (TPSA) is 17.1 Å². The Morgan fingerprint density at radius 2 is 1.15 bits per heavy atom. The summed E-state index contributed by atoms with van der Waals surface area (Å²) < 4.78 is 0. The summed E-state index contributed by atoms with van der Waals surface area (Å²) in [6, 6.07) is 17.3. The highest BCUT2D eigenvalue weighted by Crippen LogP contribution is 2.48. The Kier molecular flexibility index (Phi) is 4.98. The number of rotatable bonds is 8. The van der Waals surface area contributed by atoms with Gasteiger partial charge in [0.1, 0.15) is 5.78 Å². The van der Waals surface area contributed by atoms with Gasteiger partial charge in [0, 0.05) is 12.8 Å². The number of ketones is 1. The number of hydrogen-bond acceptors (Lipinski definition) is 1. The Bertz CT molecular complexity index is 717. The summed E-state index contributed by atoms with van der Waals surface area (Å²) in [6.07, 6.45) is 6.60. The van der Waals surface area contributed by atoms with E-state index in [1.54, 1.807) is 0 Å². The van der Waals surface area contributed by atoms with Crippen molar-refractivity contribution in [1.82, 2.24) is 0 Å². The fourth-order valence-electron chi connectivity index (χ4n) is 4.64. The smallest absolute Gasteiger partial charge is 0.134 e. The minimum absolute atomic E-state index is 0.431. The maximum atomic E-state index is 13.1. The second-order valence-electron chi connectivity index (χ2n) is 8.55. The summed E-state index contributed by atoms with van der Waals surface area (Å²) >= 11 is 0. The van der Waals surface area contributed by atoms with Crippen molar-refractivity contribution in [3.8, 4) is 0 Å². The molecule has 2 unspecified atom stereocenters. The standard InChI is InChI=1S/C25H30O/c1-17-7-3-5-9-22(17)24(19-11-12-19)15-21(26)16-25(20-13-14-20)23-10-6-4-8-18(23)2/h3-10,19-20,24-25H,11-16H2,1-2H3. The first-order valence-corrected chi connectivity index (χ1v) is 10.3. The predicted octanol–water partition coefficient (Wildman–Crippen LogP) is 6.34. The van der Waals surface area contributed by atoms with Crippen LogP contribution < -0.4 is 0 Å². The molecule has 0 spiro atoms. The Morgan fingerprint density at radius 3 is 1.50 bits per heavy atom. The van der Waals surface area contributed by atoms with Gasteiger partial charge in [0.15, 0.2) is 0 Å². The Hall–Kier alpha value is -1.89. The van der Waals surface area contributed by atoms with Crippen molar-refractivity contribution in [2.75, 3.05) is 0 Å². The van der Waals surface area contributed by atoms with Gasteiger partial charge >= 0.3 is 0 Å². The van der Waals surface area contributed by atoms with Crippen LogP contribution in [-0.4, -0.2) is 5.78 Å². The van der Waals surface area contributed by atoms with Crippen LogP contribution in [0.1, 0.15) is 72.6 Å². The Morgan fingerprint density at radius 1 is 0.769 bits per heavy atom. The minimum atomic E-state index is 0.431.